The molecule has 0 aliphatic rings. The van der Waals surface area contributed by atoms with Gasteiger partial charge in [0.15, 0.2) is 0 Å². The van der Waals surface area contributed by atoms with Crippen LogP contribution < -0.4 is 10.1 Å². The fourth-order valence-electron chi connectivity index (χ4n) is 1.53. The van der Waals surface area contributed by atoms with Crippen LogP contribution in [-0.2, 0) is 6.54 Å². The molecule has 1 heterocycles. The monoisotopic (exact) mass is 370 g/mol. The first-order chi connectivity index (χ1) is 8.69. The van der Waals surface area contributed by atoms with Crippen LogP contribution in [0, 0.1) is 0 Å². The van der Waals surface area contributed by atoms with Crippen molar-refractivity contribution in [3.05, 3.63) is 51.2 Å². The molecule has 0 spiro atoms. The van der Waals surface area contributed by atoms with E-state index in [-0.39, 0.29) is 0 Å². The molecule has 0 saturated carbocycles. The number of nitrogens with zero attached hydrogens (tertiary/aromatic N) is 1. The molecule has 1 aromatic carbocycles. The van der Waals surface area contributed by atoms with E-state index in [9.17, 15) is 0 Å². The van der Waals surface area contributed by atoms with Crippen LogP contribution in [0.3, 0.4) is 0 Å². The largest absolute Gasteiger partial charge is 0.496 e. The lowest BCUT2D eigenvalue weighted by atomic mass is 10.2. The molecule has 1 N–H and O–H groups in total. The average Bonchev–Trinajstić information content (AvgIpc) is 2.37. The molecule has 0 amide bonds. The lowest BCUT2D eigenvalue weighted by Gasteiger charge is -2.09. The van der Waals surface area contributed by atoms with Crippen molar-refractivity contribution in [3.8, 4) is 5.75 Å². The van der Waals surface area contributed by atoms with Gasteiger partial charge in [-0.2, -0.15) is 0 Å². The van der Waals surface area contributed by atoms with Crippen molar-refractivity contribution >= 4 is 37.5 Å². The quantitative estimate of drug-likeness (QED) is 0.873. The number of hydrogen-bond donors (Lipinski definition) is 1. The molecule has 5 heteroatoms. The van der Waals surface area contributed by atoms with E-state index in [4.69, 9.17) is 4.74 Å². The van der Waals surface area contributed by atoms with Crippen molar-refractivity contribution in [2.24, 2.45) is 0 Å². The Labute approximate surface area is 123 Å². The summed E-state index contributed by atoms with van der Waals surface area (Å²) in [5.74, 6) is 0.824. The van der Waals surface area contributed by atoms with E-state index in [0.717, 1.165) is 32.5 Å². The second kappa shape index (κ2) is 6.20. The number of halogens is 2. The minimum absolute atomic E-state index is 0.727. The number of rotatable bonds is 4. The van der Waals surface area contributed by atoms with Crippen LogP contribution in [0.15, 0.2) is 45.6 Å². The molecule has 2 aromatic rings. The highest BCUT2D eigenvalue weighted by Crippen LogP contribution is 2.27. The third-order valence-corrected chi connectivity index (χ3v) is 3.46. The highest BCUT2D eigenvalue weighted by Gasteiger charge is 2.01. The van der Waals surface area contributed by atoms with Crippen LogP contribution in [-0.4, -0.2) is 12.1 Å². The van der Waals surface area contributed by atoms with E-state index in [1.165, 1.54) is 0 Å². The Hall–Kier alpha value is -1.07. The first-order valence-corrected chi connectivity index (χ1v) is 6.94. The van der Waals surface area contributed by atoms with Gasteiger partial charge in [-0.05, 0) is 61.7 Å². The lowest BCUT2D eigenvalue weighted by Crippen LogP contribution is -2.00. The summed E-state index contributed by atoms with van der Waals surface area (Å²) >= 11 is 6.86. The standard InChI is InChI=1S/C13H12Br2N2O/c1-18-13-3-2-11(5-12(13)15)17-7-9-4-10(14)8-16-6-9/h2-6,8,17H,7H2,1H3. The average molecular weight is 372 g/mol. The normalized spacial score (nSPS) is 10.2. The van der Waals surface area contributed by atoms with Gasteiger partial charge in [0.1, 0.15) is 5.75 Å². The number of hydrogen-bond acceptors (Lipinski definition) is 3. The third kappa shape index (κ3) is 3.46. The number of anilines is 1. The van der Waals surface area contributed by atoms with Gasteiger partial charge in [-0.3, -0.25) is 4.98 Å². The molecular weight excluding hydrogens is 360 g/mol. The Kier molecular flexibility index (Phi) is 4.60. The number of aromatic nitrogens is 1. The molecule has 0 aliphatic carbocycles. The van der Waals surface area contributed by atoms with Gasteiger partial charge in [-0.15, -0.1) is 0 Å². The first-order valence-electron chi connectivity index (χ1n) is 5.36. The van der Waals surface area contributed by atoms with Gasteiger partial charge in [0.25, 0.3) is 0 Å². The Morgan fingerprint density at radius 1 is 1.22 bits per heavy atom. The SMILES string of the molecule is COc1ccc(NCc2cncc(Br)c2)cc1Br. The maximum atomic E-state index is 5.19. The van der Waals surface area contributed by atoms with E-state index in [0.29, 0.717) is 0 Å². The number of benzene rings is 1. The number of nitrogens with one attached hydrogen (secondary N) is 1. The molecule has 0 aliphatic heterocycles. The molecule has 0 atom stereocenters. The molecule has 0 radical (unpaired) electrons. The molecule has 3 nitrogen and oxygen atoms in total. The molecule has 0 bridgehead atoms. The number of ether oxygens (including phenoxy) is 1. The summed E-state index contributed by atoms with van der Waals surface area (Å²) in [6.07, 6.45) is 3.61. The van der Waals surface area contributed by atoms with Crippen LogP contribution in [0.4, 0.5) is 5.69 Å². The molecule has 94 valence electrons. The summed E-state index contributed by atoms with van der Waals surface area (Å²) in [5, 5.41) is 3.33. The summed E-state index contributed by atoms with van der Waals surface area (Å²) in [7, 11) is 1.65. The summed E-state index contributed by atoms with van der Waals surface area (Å²) in [5.41, 5.74) is 2.15. The minimum atomic E-state index is 0.727. The Morgan fingerprint density at radius 3 is 2.72 bits per heavy atom. The summed E-state index contributed by atoms with van der Waals surface area (Å²) in [6, 6.07) is 7.93. The smallest absolute Gasteiger partial charge is 0.133 e. The van der Waals surface area contributed by atoms with Gasteiger partial charge >= 0.3 is 0 Å². The zero-order chi connectivity index (χ0) is 13.0. The summed E-state index contributed by atoms with van der Waals surface area (Å²) in [6.45, 7) is 0.727. The third-order valence-electron chi connectivity index (χ3n) is 2.41. The highest BCUT2D eigenvalue weighted by atomic mass is 79.9. The molecule has 18 heavy (non-hydrogen) atoms. The minimum Gasteiger partial charge on any atom is -0.496 e. The van der Waals surface area contributed by atoms with Crippen LogP contribution >= 0.6 is 31.9 Å². The lowest BCUT2D eigenvalue weighted by molar-refractivity contribution is 0.412. The van der Waals surface area contributed by atoms with Crippen molar-refractivity contribution < 1.29 is 4.74 Å². The van der Waals surface area contributed by atoms with E-state index in [1.807, 2.05) is 30.5 Å². The summed E-state index contributed by atoms with van der Waals surface area (Å²) < 4.78 is 7.10. The van der Waals surface area contributed by atoms with Crippen molar-refractivity contribution in [1.29, 1.82) is 0 Å². The molecule has 0 fully saturated rings. The van der Waals surface area contributed by atoms with Gasteiger partial charge in [-0.25, -0.2) is 0 Å². The Balaban J connectivity index is 2.04. The van der Waals surface area contributed by atoms with Crippen molar-refractivity contribution in [2.75, 3.05) is 12.4 Å². The van der Waals surface area contributed by atoms with Crippen LogP contribution in [0.2, 0.25) is 0 Å². The fourth-order valence-corrected chi connectivity index (χ4v) is 2.49. The van der Waals surface area contributed by atoms with Crippen LogP contribution in [0.5, 0.6) is 5.75 Å². The van der Waals surface area contributed by atoms with Crippen molar-refractivity contribution in [1.82, 2.24) is 4.98 Å². The zero-order valence-electron chi connectivity index (χ0n) is 9.78. The molecule has 0 unspecified atom stereocenters. The van der Waals surface area contributed by atoms with Gasteiger partial charge in [0, 0.05) is 29.1 Å². The summed E-state index contributed by atoms with van der Waals surface area (Å²) in [4.78, 5) is 4.13. The van der Waals surface area contributed by atoms with Gasteiger partial charge in [0.2, 0.25) is 0 Å². The van der Waals surface area contributed by atoms with Crippen molar-refractivity contribution in [3.63, 3.8) is 0 Å². The molecule has 2 rings (SSSR count). The van der Waals surface area contributed by atoms with Crippen LogP contribution in [0.25, 0.3) is 0 Å². The predicted octanol–water partition coefficient (Wildman–Crippen LogP) is 4.23. The highest BCUT2D eigenvalue weighted by molar-refractivity contribution is 9.10. The first kappa shape index (κ1) is 13.4. The Morgan fingerprint density at radius 2 is 2.06 bits per heavy atom. The number of methoxy groups -OCH3 is 1. The van der Waals surface area contributed by atoms with Crippen molar-refractivity contribution in [2.45, 2.75) is 6.54 Å². The molecular formula is C13H12Br2N2O. The Bertz CT molecular complexity index is 546. The fraction of sp³-hybridized carbons (Fsp3) is 0.154. The second-order valence-electron chi connectivity index (χ2n) is 3.71. The maximum absolute atomic E-state index is 5.19. The second-order valence-corrected chi connectivity index (χ2v) is 5.48. The van der Waals surface area contributed by atoms with Gasteiger partial charge < -0.3 is 10.1 Å². The van der Waals surface area contributed by atoms with E-state index in [2.05, 4.69) is 42.2 Å². The van der Waals surface area contributed by atoms with E-state index in [1.54, 1.807) is 13.3 Å². The van der Waals surface area contributed by atoms with E-state index >= 15 is 0 Å². The maximum Gasteiger partial charge on any atom is 0.133 e. The molecule has 0 saturated heterocycles. The molecule has 1 aromatic heterocycles. The number of pyridine rings is 1. The van der Waals surface area contributed by atoms with Gasteiger partial charge in [-0.1, -0.05) is 0 Å². The topological polar surface area (TPSA) is 34.1 Å². The van der Waals surface area contributed by atoms with E-state index < -0.39 is 0 Å². The predicted molar refractivity (Wildman–Crippen MR) is 80.0 cm³/mol. The van der Waals surface area contributed by atoms with Crippen LogP contribution in [0.1, 0.15) is 5.56 Å². The zero-order valence-corrected chi connectivity index (χ0v) is 13.0. The van der Waals surface area contributed by atoms with Gasteiger partial charge in [0.05, 0.1) is 11.6 Å².